The maximum atomic E-state index is 13.1. The summed E-state index contributed by atoms with van der Waals surface area (Å²) < 4.78 is 7.04. The fraction of sp³-hybridized carbons (Fsp3) is 0.200. The Morgan fingerprint density at radius 3 is 2.47 bits per heavy atom. The van der Waals surface area contributed by atoms with Crippen molar-refractivity contribution in [2.45, 2.75) is 6.04 Å². The maximum Gasteiger partial charge on any atom is 0.259 e. The van der Waals surface area contributed by atoms with Gasteiger partial charge in [-0.05, 0) is 42.5 Å². The van der Waals surface area contributed by atoms with Crippen LogP contribution >= 0.6 is 23.2 Å². The average molecular weight is 527 g/mol. The van der Waals surface area contributed by atoms with Crippen LogP contribution < -0.4 is 21.3 Å². The minimum atomic E-state index is -0.745. The largest absolute Gasteiger partial charge is 0.491 e. The topological polar surface area (TPSA) is 115 Å². The molecule has 0 saturated heterocycles. The van der Waals surface area contributed by atoms with E-state index in [1.165, 1.54) is 9.47 Å². The van der Waals surface area contributed by atoms with Gasteiger partial charge in [-0.1, -0.05) is 29.3 Å². The van der Waals surface area contributed by atoms with Gasteiger partial charge in [0.15, 0.2) is 0 Å². The summed E-state index contributed by atoms with van der Waals surface area (Å²) in [6.07, 6.45) is 1.62. The van der Waals surface area contributed by atoms with Crippen LogP contribution in [-0.4, -0.2) is 52.1 Å². The molecule has 0 fully saturated rings. The molecule has 0 saturated carbocycles. The zero-order valence-corrected chi connectivity index (χ0v) is 21.3. The van der Waals surface area contributed by atoms with E-state index in [4.69, 9.17) is 33.7 Å². The van der Waals surface area contributed by atoms with Crippen molar-refractivity contribution in [3.05, 3.63) is 75.1 Å². The second-order valence-corrected chi connectivity index (χ2v) is 9.11. The highest BCUT2D eigenvalue weighted by molar-refractivity contribution is 6.39. The van der Waals surface area contributed by atoms with Gasteiger partial charge in [0.25, 0.3) is 5.56 Å². The van der Waals surface area contributed by atoms with Crippen molar-refractivity contribution in [1.29, 1.82) is 0 Å². The Bertz CT molecular complexity index is 1470. The zero-order chi connectivity index (χ0) is 26.0. The van der Waals surface area contributed by atoms with Gasteiger partial charge >= 0.3 is 0 Å². The lowest BCUT2D eigenvalue weighted by Gasteiger charge is -2.17. The van der Waals surface area contributed by atoms with Crippen molar-refractivity contribution in [2.75, 3.05) is 26.0 Å². The molecule has 2 aromatic heterocycles. The zero-order valence-electron chi connectivity index (χ0n) is 19.8. The average Bonchev–Trinajstić information content (AvgIpc) is 2.86. The molecule has 9 nitrogen and oxygen atoms in total. The predicted octanol–water partition coefficient (Wildman–Crippen LogP) is 3.84. The van der Waals surface area contributed by atoms with Gasteiger partial charge in [0, 0.05) is 44.0 Å². The number of carbonyl (C=O) groups excluding carboxylic acids is 1. The summed E-state index contributed by atoms with van der Waals surface area (Å²) in [4.78, 5) is 35.3. The van der Waals surface area contributed by atoms with E-state index in [-0.39, 0.29) is 18.1 Å². The number of nitrogens with zero attached hydrogens (tertiary/aromatic N) is 4. The van der Waals surface area contributed by atoms with E-state index in [0.29, 0.717) is 49.6 Å². The summed E-state index contributed by atoms with van der Waals surface area (Å²) in [5.41, 5.74) is 7.55. The fourth-order valence-electron chi connectivity index (χ4n) is 3.59. The van der Waals surface area contributed by atoms with Gasteiger partial charge in [0.2, 0.25) is 11.9 Å². The third-order valence-electron chi connectivity index (χ3n) is 5.48. The lowest BCUT2D eigenvalue weighted by atomic mass is 10.1. The third-order valence-corrected chi connectivity index (χ3v) is 6.11. The van der Waals surface area contributed by atoms with Crippen LogP contribution in [0.5, 0.6) is 5.75 Å². The van der Waals surface area contributed by atoms with Crippen LogP contribution in [0.1, 0.15) is 0 Å². The Labute approximate surface area is 217 Å². The number of aryl methyl sites for hydroxylation is 1. The summed E-state index contributed by atoms with van der Waals surface area (Å²) in [6, 6.07) is 13.1. The van der Waals surface area contributed by atoms with Crippen molar-refractivity contribution in [2.24, 2.45) is 12.8 Å². The number of likely N-dealkylation sites (N-methyl/N-ethyl adjacent to an activating group) is 1. The molecule has 36 heavy (non-hydrogen) atoms. The number of pyridine rings is 1. The normalized spacial score (nSPS) is 11.8. The van der Waals surface area contributed by atoms with Crippen molar-refractivity contribution >= 4 is 51.8 Å². The molecule has 0 unspecified atom stereocenters. The molecule has 186 valence electrons. The molecule has 0 aliphatic rings. The molecule has 4 aromatic rings. The first-order valence-corrected chi connectivity index (χ1v) is 11.7. The van der Waals surface area contributed by atoms with Crippen LogP contribution in [0.15, 0.2) is 59.5 Å². The molecule has 4 rings (SSSR count). The number of aromatic nitrogens is 3. The number of fused-ring (bicyclic) bond motifs is 1. The van der Waals surface area contributed by atoms with Crippen molar-refractivity contribution in [1.82, 2.24) is 19.4 Å². The summed E-state index contributed by atoms with van der Waals surface area (Å²) in [6.45, 7) is 0.0625. The minimum Gasteiger partial charge on any atom is -0.491 e. The SMILES string of the molecule is CN(C)C(=O)[C@@H](N)COc1ccc(Nc2ncc3cc(-c4c(Cl)cccc4Cl)c(=O)n(C)c3n2)cc1. The smallest absolute Gasteiger partial charge is 0.259 e. The summed E-state index contributed by atoms with van der Waals surface area (Å²) in [7, 11) is 4.92. The van der Waals surface area contributed by atoms with Gasteiger partial charge in [-0.25, -0.2) is 4.98 Å². The number of anilines is 2. The van der Waals surface area contributed by atoms with E-state index in [2.05, 4.69) is 15.3 Å². The molecule has 0 aliphatic carbocycles. The molecular weight excluding hydrogens is 503 g/mol. The first kappa shape index (κ1) is 25.4. The Morgan fingerprint density at radius 1 is 1.17 bits per heavy atom. The Morgan fingerprint density at radius 2 is 1.83 bits per heavy atom. The second kappa shape index (κ2) is 10.5. The summed E-state index contributed by atoms with van der Waals surface area (Å²) >= 11 is 12.6. The van der Waals surface area contributed by atoms with Gasteiger partial charge in [0.1, 0.15) is 24.0 Å². The number of amides is 1. The van der Waals surface area contributed by atoms with Crippen LogP contribution in [-0.2, 0) is 11.8 Å². The third kappa shape index (κ3) is 5.28. The van der Waals surface area contributed by atoms with Crippen LogP contribution in [0.4, 0.5) is 11.6 Å². The van der Waals surface area contributed by atoms with E-state index >= 15 is 0 Å². The van der Waals surface area contributed by atoms with E-state index in [1.54, 1.807) is 75.9 Å². The number of halogens is 2. The van der Waals surface area contributed by atoms with E-state index in [9.17, 15) is 9.59 Å². The van der Waals surface area contributed by atoms with Crippen LogP contribution in [0.3, 0.4) is 0 Å². The predicted molar refractivity (Wildman–Crippen MR) is 142 cm³/mol. The number of benzene rings is 2. The molecule has 0 radical (unpaired) electrons. The molecule has 0 aliphatic heterocycles. The molecule has 3 N–H and O–H groups in total. The Hall–Kier alpha value is -3.66. The van der Waals surface area contributed by atoms with E-state index in [0.717, 1.165) is 0 Å². The molecule has 2 aromatic carbocycles. The lowest BCUT2D eigenvalue weighted by molar-refractivity contribution is -0.130. The Balaban J connectivity index is 1.54. The number of hydrogen-bond donors (Lipinski definition) is 2. The quantitative estimate of drug-likeness (QED) is 0.375. The van der Waals surface area contributed by atoms with Gasteiger partial charge in [-0.3, -0.25) is 14.2 Å². The van der Waals surface area contributed by atoms with Crippen molar-refractivity contribution in [3.8, 4) is 16.9 Å². The van der Waals surface area contributed by atoms with E-state index in [1.807, 2.05) is 0 Å². The minimum absolute atomic E-state index is 0.0625. The molecule has 1 atom stereocenters. The summed E-state index contributed by atoms with van der Waals surface area (Å²) in [5.74, 6) is 0.668. The van der Waals surface area contributed by atoms with Gasteiger partial charge in [0.05, 0.1) is 15.6 Å². The highest BCUT2D eigenvalue weighted by Crippen LogP contribution is 2.33. The number of hydrogen-bond acceptors (Lipinski definition) is 7. The molecule has 1 amide bonds. The fourth-order valence-corrected chi connectivity index (χ4v) is 4.19. The molecule has 2 heterocycles. The van der Waals surface area contributed by atoms with Crippen molar-refractivity contribution in [3.63, 3.8) is 0 Å². The highest BCUT2D eigenvalue weighted by atomic mass is 35.5. The van der Waals surface area contributed by atoms with E-state index < -0.39 is 6.04 Å². The first-order valence-electron chi connectivity index (χ1n) is 10.9. The maximum absolute atomic E-state index is 13.1. The van der Waals surface area contributed by atoms with Gasteiger partial charge in [-0.15, -0.1) is 0 Å². The van der Waals surface area contributed by atoms with Crippen LogP contribution in [0.25, 0.3) is 22.2 Å². The number of rotatable bonds is 7. The number of nitrogens with one attached hydrogen (secondary N) is 1. The second-order valence-electron chi connectivity index (χ2n) is 8.29. The molecule has 0 spiro atoms. The van der Waals surface area contributed by atoms with Crippen LogP contribution in [0, 0.1) is 0 Å². The lowest BCUT2D eigenvalue weighted by Crippen LogP contribution is -2.43. The van der Waals surface area contributed by atoms with Crippen molar-refractivity contribution < 1.29 is 9.53 Å². The standard InChI is InChI=1S/C25H24Cl2N6O3/c1-32(2)24(35)20(28)13-36-16-9-7-15(8-10-16)30-25-29-12-14-11-17(23(34)33(3)22(14)31-25)21-18(26)5-4-6-19(21)27/h4-12,20H,13,28H2,1-3H3,(H,29,30,31)/t20-/m0/s1. The van der Waals surface area contributed by atoms with Gasteiger partial charge < -0.3 is 20.7 Å². The molecular formula is C25H24Cl2N6O3. The number of nitrogens with two attached hydrogens (primary N) is 1. The Kier molecular flexibility index (Phi) is 7.44. The van der Waals surface area contributed by atoms with Gasteiger partial charge in [-0.2, -0.15) is 4.98 Å². The monoisotopic (exact) mass is 526 g/mol. The number of carbonyl (C=O) groups is 1. The molecule has 0 bridgehead atoms. The number of ether oxygens (including phenoxy) is 1. The summed E-state index contributed by atoms with van der Waals surface area (Å²) in [5, 5.41) is 4.54. The first-order chi connectivity index (χ1) is 17.2. The molecule has 11 heteroatoms. The highest BCUT2D eigenvalue weighted by Gasteiger charge is 2.17. The van der Waals surface area contributed by atoms with Crippen LogP contribution in [0.2, 0.25) is 10.0 Å².